The number of hydrogen-bond donors (Lipinski definition) is 2. The Labute approximate surface area is 123 Å². The molecule has 2 heterocycles. The average Bonchev–Trinajstić information content (AvgIpc) is 2.93. The van der Waals surface area contributed by atoms with Crippen molar-refractivity contribution in [3.63, 3.8) is 0 Å². The summed E-state index contributed by atoms with van der Waals surface area (Å²) in [4.78, 5) is 0.280. The van der Waals surface area contributed by atoms with E-state index in [9.17, 15) is 8.42 Å². The number of thioether (sulfide) groups is 1. The molecule has 20 heavy (non-hydrogen) atoms. The van der Waals surface area contributed by atoms with Gasteiger partial charge < -0.3 is 9.73 Å². The molecular formula is C13H20N2O3S2. The fourth-order valence-corrected chi connectivity index (χ4v) is 5.05. The summed E-state index contributed by atoms with van der Waals surface area (Å²) >= 11 is 1.79. The minimum Gasteiger partial charge on any atom is -0.464 e. The van der Waals surface area contributed by atoms with Gasteiger partial charge in [0, 0.05) is 23.9 Å². The van der Waals surface area contributed by atoms with Gasteiger partial charge in [0.2, 0.25) is 10.0 Å². The van der Waals surface area contributed by atoms with Gasteiger partial charge >= 0.3 is 0 Å². The molecule has 0 amide bonds. The highest BCUT2D eigenvalue weighted by Crippen LogP contribution is 2.24. The van der Waals surface area contributed by atoms with Gasteiger partial charge in [-0.25, -0.2) is 13.1 Å². The Morgan fingerprint density at radius 3 is 2.80 bits per heavy atom. The summed E-state index contributed by atoms with van der Waals surface area (Å²) < 4.78 is 33.1. The van der Waals surface area contributed by atoms with E-state index in [2.05, 4.69) is 10.0 Å². The zero-order valence-corrected chi connectivity index (χ0v) is 13.1. The summed E-state index contributed by atoms with van der Waals surface area (Å²) in [5.74, 6) is 3.03. The summed E-state index contributed by atoms with van der Waals surface area (Å²) in [6.45, 7) is 2.30. The SMILES string of the molecule is Cc1oc(CNC2CC2)cc1S(=O)(=O)NC1CCSC1. The third kappa shape index (κ3) is 3.39. The number of hydrogen-bond acceptors (Lipinski definition) is 5. The lowest BCUT2D eigenvalue weighted by molar-refractivity contribution is 0.456. The maximum Gasteiger partial charge on any atom is 0.244 e. The Morgan fingerprint density at radius 2 is 2.15 bits per heavy atom. The lowest BCUT2D eigenvalue weighted by Crippen LogP contribution is -2.34. The predicted molar refractivity (Wildman–Crippen MR) is 79.4 cm³/mol. The van der Waals surface area contributed by atoms with Crippen molar-refractivity contribution in [2.45, 2.75) is 49.7 Å². The molecule has 0 spiro atoms. The van der Waals surface area contributed by atoms with Crippen LogP contribution in [0.3, 0.4) is 0 Å². The van der Waals surface area contributed by atoms with E-state index < -0.39 is 10.0 Å². The number of aryl methyl sites for hydroxylation is 1. The first-order chi connectivity index (χ1) is 9.54. The molecule has 5 nitrogen and oxygen atoms in total. The highest BCUT2D eigenvalue weighted by molar-refractivity contribution is 7.99. The molecule has 2 fully saturated rings. The van der Waals surface area contributed by atoms with E-state index in [1.54, 1.807) is 24.8 Å². The minimum atomic E-state index is -3.46. The zero-order chi connectivity index (χ0) is 14.2. The van der Waals surface area contributed by atoms with E-state index in [0.29, 0.717) is 24.1 Å². The molecule has 112 valence electrons. The molecule has 1 aromatic rings. The van der Waals surface area contributed by atoms with Crippen molar-refractivity contribution in [3.8, 4) is 0 Å². The Hall–Kier alpha value is -0.500. The second kappa shape index (κ2) is 5.71. The van der Waals surface area contributed by atoms with E-state index >= 15 is 0 Å². The molecule has 0 aromatic carbocycles. The van der Waals surface area contributed by atoms with Crippen LogP contribution in [0.15, 0.2) is 15.4 Å². The Balaban J connectivity index is 1.70. The quantitative estimate of drug-likeness (QED) is 0.834. The van der Waals surface area contributed by atoms with Crippen LogP contribution < -0.4 is 10.0 Å². The van der Waals surface area contributed by atoms with Crippen LogP contribution in [0, 0.1) is 6.92 Å². The summed E-state index contributed by atoms with van der Waals surface area (Å²) in [5.41, 5.74) is 0. The van der Waals surface area contributed by atoms with Crippen molar-refractivity contribution in [2.24, 2.45) is 0 Å². The maximum absolute atomic E-state index is 12.4. The van der Waals surface area contributed by atoms with Crippen LogP contribution in [0.2, 0.25) is 0 Å². The highest BCUT2D eigenvalue weighted by atomic mass is 32.2. The fraction of sp³-hybridized carbons (Fsp3) is 0.692. The Bertz CT molecular complexity index is 572. The third-order valence-corrected chi connectivity index (χ3v) is 6.40. The smallest absolute Gasteiger partial charge is 0.244 e. The van der Waals surface area contributed by atoms with Crippen LogP contribution in [0.1, 0.15) is 30.8 Å². The molecule has 0 bridgehead atoms. The second-order valence-electron chi connectivity index (χ2n) is 5.47. The number of nitrogens with one attached hydrogen (secondary N) is 2. The fourth-order valence-electron chi connectivity index (χ4n) is 2.32. The van der Waals surface area contributed by atoms with Crippen LogP contribution in [0.4, 0.5) is 0 Å². The van der Waals surface area contributed by atoms with Gasteiger partial charge in [-0.15, -0.1) is 0 Å². The van der Waals surface area contributed by atoms with Gasteiger partial charge in [0.25, 0.3) is 0 Å². The predicted octanol–water partition coefficient (Wildman–Crippen LogP) is 1.62. The van der Waals surface area contributed by atoms with E-state index in [1.165, 1.54) is 12.8 Å². The van der Waals surface area contributed by atoms with E-state index in [0.717, 1.165) is 17.9 Å². The van der Waals surface area contributed by atoms with Gasteiger partial charge in [0.1, 0.15) is 16.4 Å². The molecule has 2 aliphatic rings. The molecule has 1 unspecified atom stereocenters. The molecular weight excluding hydrogens is 296 g/mol. The van der Waals surface area contributed by atoms with Crippen molar-refractivity contribution in [3.05, 3.63) is 17.6 Å². The van der Waals surface area contributed by atoms with Gasteiger partial charge in [0.15, 0.2) is 0 Å². The zero-order valence-electron chi connectivity index (χ0n) is 11.5. The average molecular weight is 316 g/mol. The molecule has 1 aliphatic carbocycles. The summed E-state index contributed by atoms with van der Waals surface area (Å²) in [6, 6.07) is 2.27. The first-order valence-electron chi connectivity index (χ1n) is 6.97. The van der Waals surface area contributed by atoms with Crippen molar-refractivity contribution in [2.75, 3.05) is 11.5 Å². The second-order valence-corrected chi connectivity index (χ2v) is 8.30. The largest absolute Gasteiger partial charge is 0.464 e. The van der Waals surface area contributed by atoms with Crippen molar-refractivity contribution in [1.29, 1.82) is 0 Å². The lowest BCUT2D eigenvalue weighted by Gasteiger charge is -2.10. The van der Waals surface area contributed by atoms with Crippen molar-refractivity contribution in [1.82, 2.24) is 10.0 Å². The van der Waals surface area contributed by atoms with Crippen LogP contribution >= 0.6 is 11.8 Å². The van der Waals surface area contributed by atoms with E-state index in [-0.39, 0.29) is 10.9 Å². The van der Waals surface area contributed by atoms with Gasteiger partial charge in [-0.1, -0.05) is 0 Å². The van der Waals surface area contributed by atoms with Gasteiger partial charge in [-0.2, -0.15) is 11.8 Å². The van der Waals surface area contributed by atoms with Crippen molar-refractivity contribution < 1.29 is 12.8 Å². The third-order valence-electron chi connectivity index (χ3n) is 3.61. The molecule has 1 atom stereocenters. The van der Waals surface area contributed by atoms with Crippen LogP contribution in [-0.4, -0.2) is 32.0 Å². The summed E-state index contributed by atoms with van der Waals surface area (Å²) in [7, 11) is -3.46. The molecule has 7 heteroatoms. The van der Waals surface area contributed by atoms with Crippen LogP contribution in [-0.2, 0) is 16.6 Å². The molecule has 2 N–H and O–H groups in total. The number of rotatable bonds is 6. The minimum absolute atomic E-state index is 0.0485. The lowest BCUT2D eigenvalue weighted by atomic mass is 10.3. The van der Waals surface area contributed by atoms with Gasteiger partial charge in [-0.05, 0) is 31.9 Å². The molecule has 0 radical (unpaired) electrons. The Morgan fingerprint density at radius 1 is 1.35 bits per heavy atom. The molecule has 3 rings (SSSR count). The molecule has 1 aromatic heterocycles. The first kappa shape index (κ1) is 14.4. The summed E-state index contributed by atoms with van der Waals surface area (Å²) in [5, 5.41) is 3.33. The molecule has 1 aliphatic heterocycles. The molecule has 1 saturated heterocycles. The van der Waals surface area contributed by atoms with Gasteiger partial charge in [0.05, 0.1) is 6.54 Å². The maximum atomic E-state index is 12.4. The van der Waals surface area contributed by atoms with E-state index in [4.69, 9.17) is 4.42 Å². The topological polar surface area (TPSA) is 71.3 Å². The van der Waals surface area contributed by atoms with E-state index in [1.807, 2.05) is 0 Å². The highest BCUT2D eigenvalue weighted by Gasteiger charge is 2.27. The van der Waals surface area contributed by atoms with Crippen molar-refractivity contribution >= 4 is 21.8 Å². The first-order valence-corrected chi connectivity index (χ1v) is 9.61. The van der Waals surface area contributed by atoms with Crippen LogP contribution in [0.25, 0.3) is 0 Å². The standard InChI is InChI=1S/C13H20N2O3S2/c1-9-13(6-12(18-9)7-14-10-2-3-10)20(16,17)15-11-4-5-19-8-11/h6,10-11,14-15H,2-5,7-8H2,1H3. The number of sulfonamides is 1. The van der Waals surface area contributed by atoms with Crippen LogP contribution in [0.5, 0.6) is 0 Å². The summed E-state index contributed by atoms with van der Waals surface area (Å²) in [6.07, 6.45) is 3.30. The van der Waals surface area contributed by atoms with Gasteiger partial charge in [-0.3, -0.25) is 0 Å². The Kier molecular flexibility index (Phi) is 4.12. The number of furan rings is 1. The molecule has 1 saturated carbocycles. The monoisotopic (exact) mass is 316 g/mol. The normalized spacial score (nSPS) is 23.4.